The first-order valence-electron chi connectivity index (χ1n) is 5.76. The maximum atomic E-state index is 10.7. The van der Waals surface area contributed by atoms with E-state index < -0.39 is 0 Å². The molecule has 100 valence electrons. The van der Waals surface area contributed by atoms with Crippen LogP contribution in [-0.4, -0.2) is 31.5 Å². The summed E-state index contributed by atoms with van der Waals surface area (Å²) in [5.74, 6) is 3.17. The van der Waals surface area contributed by atoms with Crippen LogP contribution in [0.4, 0.5) is 0 Å². The Kier molecular flexibility index (Phi) is 6.98. The molecule has 0 fully saturated rings. The molecule has 1 aromatic carbocycles. The van der Waals surface area contributed by atoms with E-state index in [-0.39, 0.29) is 0 Å². The van der Waals surface area contributed by atoms with Crippen molar-refractivity contribution < 1.29 is 14.3 Å². The number of aldehydes is 1. The number of hydrogen-bond donors (Lipinski definition) is 0. The Bertz CT molecular complexity index is 396. The third-order valence-electron chi connectivity index (χ3n) is 2.27. The van der Waals surface area contributed by atoms with E-state index in [1.807, 2.05) is 11.8 Å². The summed E-state index contributed by atoms with van der Waals surface area (Å²) in [6.45, 7) is 2.72. The van der Waals surface area contributed by atoms with Crippen molar-refractivity contribution in [1.29, 1.82) is 0 Å². The van der Waals surface area contributed by atoms with Gasteiger partial charge in [-0.2, -0.15) is 11.8 Å². The zero-order chi connectivity index (χ0) is 13.4. The lowest BCUT2D eigenvalue weighted by Gasteiger charge is -2.12. The summed E-state index contributed by atoms with van der Waals surface area (Å²) in [6, 6.07) is 3.20. The van der Waals surface area contributed by atoms with Crippen LogP contribution >= 0.6 is 23.4 Å². The molecule has 0 radical (unpaired) electrons. The van der Waals surface area contributed by atoms with E-state index in [1.54, 1.807) is 12.1 Å². The highest BCUT2D eigenvalue weighted by atomic mass is 35.5. The first-order valence-corrected chi connectivity index (χ1v) is 7.29. The van der Waals surface area contributed by atoms with Gasteiger partial charge in [0.05, 0.1) is 18.7 Å². The smallest absolute Gasteiger partial charge is 0.179 e. The number of methoxy groups -OCH3 is 1. The highest BCUT2D eigenvalue weighted by molar-refractivity contribution is 7.99. The molecule has 3 nitrogen and oxygen atoms in total. The van der Waals surface area contributed by atoms with Gasteiger partial charge in [0.2, 0.25) is 0 Å². The molecule has 0 aromatic heterocycles. The third-order valence-corrected chi connectivity index (χ3v) is 3.54. The Hall–Kier alpha value is -0.870. The van der Waals surface area contributed by atoms with Crippen molar-refractivity contribution in [3.8, 4) is 11.5 Å². The molecule has 0 spiro atoms. The maximum absolute atomic E-state index is 10.7. The molecule has 0 amide bonds. The van der Waals surface area contributed by atoms with Crippen LogP contribution in [0.2, 0.25) is 5.02 Å². The fourth-order valence-corrected chi connectivity index (χ4v) is 2.31. The molecule has 0 bridgehead atoms. The summed E-state index contributed by atoms with van der Waals surface area (Å²) in [5.41, 5.74) is 0.478. The Balaban J connectivity index is 2.66. The number of hydrogen-bond acceptors (Lipinski definition) is 4. The van der Waals surface area contributed by atoms with E-state index in [1.165, 1.54) is 7.11 Å². The average Bonchev–Trinajstić information content (AvgIpc) is 2.39. The number of thioether (sulfide) groups is 1. The predicted octanol–water partition coefficient (Wildman–Crippen LogP) is 3.68. The lowest BCUT2D eigenvalue weighted by Crippen LogP contribution is -2.02. The zero-order valence-corrected chi connectivity index (χ0v) is 12.1. The van der Waals surface area contributed by atoms with Crippen LogP contribution in [0.1, 0.15) is 23.7 Å². The van der Waals surface area contributed by atoms with E-state index in [0.29, 0.717) is 28.7 Å². The standard InChI is InChI=1S/C13H17ClO3S/c1-3-18-6-4-5-17-13-11(14)7-10(9-15)8-12(13)16-2/h7-9H,3-6H2,1-2H3. The van der Waals surface area contributed by atoms with Crippen molar-refractivity contribution in [2.24, 2.45) is 0 Å². The Labute approximate surface area is 117 Å². The van der Waals surface area contributed by atoms with Crippen molar-refractivity contribution in [2.75, 3.05) is 25.2 Å². The third kappa shape index (κ3) is 4.42. The molecule has 0 aliphatic carbocycles. The van der Waals surface area contributed by atoms with Crippen molar-refractivity contribution in [3.05, 3.63) is 22.7 Å². The van der Waals surface area contributed by atoms with Crippen molar-refractivity contribution >= 4 is 29.6 Å². The first kappa shape index (κ1) is 15.2. The summed E-state index contributed by atoms with van der Waals surface area (Å²) in [5, 5.41) is 0.402. The summed E-state index contributed by atoms with van der Waals surface area (Å²) < 4.78 is 10.8. The van der Waals surface area contributed by atoms with E-state index in [0.717, 1.165) is 24.2 Å². The molecule has 0 aliphatic heterocycles. The van der Waals surface area contributed by atoms with Crippen LogP contribution in [0.3, 0.4) is 0 Å². The van der Waals surface area contributed by atoms with Crippen LogP contribution < -0.4 is 9.47 Å². The van der Waals surface area contributed by atoms with Crippen LogP contribution in [0.25, 0.3) is 0 Å². The highest BCUT2D eigenvalue weighted by Gasteiger charge is 2.11. The fourth-order valence-electron chi connectivity index (χ4n) is 1.43. The monoisotopic (exact) mass is 288 g/mol. The molecule has 1 rings (SSSR count). The van der Waals surface area contributed by atoms with E-state index in [2.05, 4.69) is 6.92 Å². The zero-order valence-electron chi connectivity index (χ0n) is 10.6. The second kappa shape index (κ2) is 8.27. The molecule has 0 heterocycles. The average molecular weight is 289 g/mol. The molecule has 1 aromatic rings. The quantitative estimate of drug-likeness (QED) is 0.540. The van der Waals surface area contributed by atoms with Crippen LogP contribution in [0.5, 0.6) is 11.5 Å². The van der Waals surface area contributed by atoms with Crippen molar-refractivity contribution in [2.45, 2.75) is 13.3 Å². The van der Waals surface area contributed by atoms with Gasteiger partial charge in [-0.1, -0.05) is 18.5 Å². The molecule has 0 saturated carbocycles. The summed E-state index contributed by atoms with van der Waals surface area (Å²) >= 11 is 7.94. The molecular weight excluding hydrogens is 272 g/mol. The summed E-state index contributed by atoms with van der Waals surface area (Å²) in [7, 11) is 1.53. The maximum Gasteiger partial charge on any atom is 0.179 e. The van der Waals surface area contributed by atoms with Gasteiger partial charge in [0.15, 0.2) is 11.5 Å². The summed E-state index contributed by atoms with van der Waals surface area (Å²) in [4.78, 5) is 10.7. The van der Waals surface area contributed by atoms with E-state index in [4.69, 9.17) is 21.1 Å². The van der Waals surface area contributed by atoms with Gasteiger partial charge >= 0.3 is 0 Å². The lowest BCUT2D eigenvalue weighted by atomic mass is 10.2. The normalized spacial score (nSPS) is 10.2. The molecule has 0 atom stereocenters. The van der Waals surface area contributed by atoms with Gasteiger partial charge in [0.1, 0.15) is 6.29 Å². The number of halogens is 1. The first-order chi connectivity index (χ1) is 8.72. The minimum Gasteiger partial charge on any atom is -0.493 e. The van der Waals surface area contributed by atoms with E-state index >= 15 is 0 Å². The fraction of sp³-hybridized carbons (Fsp3) is 0.462. The van der Waals surface area contributed by atoms with E-state index in [9.17, 15) is 4.79 Å². The van der Waals surface area contributed by atoms with Gasteiger partial charge in [0, 0.05) is 5.56 Å². The highest BCUT2D eigenvalue weighted by Crippen LogP contribution is 2.36. The minimum absolute atomic E-state index is 0.402. The van der Waals surface area contributed by atoms with Crippen molar-refractivity contribution in [3.63, 3.8) is 0 Å². The van der Waals surface area contributed by atoms with Gasteiger partial charge in [0.25, 0.3) is 0 Å². The lowest BCUT2D eigenvalue weighted by molar-refractivity contribution is 0.112. The number of ether oxygens (including phenoxy) is 2. The number of carbonyl (C=O) groups excluding carboxylic acids is 1. The van der Waals surface area contributed by atoms with Crippen LogP contribution in [-0.2, 0) is 0 Å². The minimum atomic E-state index is 0.402. The molecule has 0 N–H and O–H groups in total. The van der Waals surface area contributed by atoms with Gasteiger partial charge in [-0.15, -0.1) is 0 Å². The van der Waals surface area contributed by atoms with Gasteiger partial charge in [-0.3, -0.25) is 4.79 Å². The Morgan fingerprint density at radius 1 is 1.44 bits per heavy atom. The van der Waals surface area contributed by atoms with Gasteiger partial charge in [-0.25, -0.2) is 0 Å². The summed E-state index contributed by atoms with van der Waals surface area (Å²) in [6.07, 6.45) is 1.68. The molecule has 0 saturated heterocycles. The Morgan fingerprint density at radius 2 is 2.22 bits per heavy atom. The number of benzene rings is 1. The number of carbonyl (C=O) groups is 1. The molecule has 5 heteroatoms. The van der Waals surface area contributed by atoms with Crippen molar-refractivity contribution in [1.82, 2.24) is 0 Å². The molecule has 0 unspecified atom stereocenters. The molecule has 0 aliphatic rings. The second-order valence-electron chi connectivity index (χ2n) is 3.55. The second-order valence-corrected chi connectivity index (χ2v) is 5.35. The SMILES string of the molecule is CCSCCCOc1c(Cl)cc(C=O)cc1OC. The Morgan fingerprint density at radius 3 is 2.83 bits per heavy atom. The molecular formula is C13H17ClO3S. The predicted molar refractivity (Wildman–Crippen MR) is 76.5 cm³/mol. The van der Waals surface area contributed by atoms with Crippen LogP contribution in [0, 0.1) is 0 Å². The van der Waals surface area contributed by atoms with Gasteiger partial charge in [-0.05, 0) is 30.1 Å². The molecule has 18 heavy (non-hydrogen) atoms. The topological polar surface area (TPSA) is 35.5 Å². The van der Waals surface area contributed by atoms with Gasteiger partial charge < -0.3 is 9.47 Å². The largest absolute Gasteiger partial charge is 0.493 e. The number of rotatable bonds is 8. The van der Waals surface area contributed by atoms with Crippen LogP contribution in [0.15, 0.2) is 12.1 Å².